The Hall–Kier alpha value is -1.14. The first-order chi connectivity index (χ1) is 9.72. The maximum absolute atomic E-state index is 12.2. The third-order valence-electron chi connectivity index (χ3n) is 4.05. The van der Waals surface area contributed by atoms with Crippen molar-refractivity contribution in [1.82, 2.24) is 15.1 Å². The highest BCUT2D eigenvalue weighted by atomic mass is 16.5. The van der Waals surface area contributed by atoms with E-state index in [4.69, 9.17) is 4.74 Å². The van der Waals surface area contributed by atoms with E-state index >= 15 is 0 Å². The van der Waals surface area contributed by atoms with Crippen LogP contribution in [0.2, 0.25) is 0 Å². The molecule has 2 rings (SSSR count). The number of amides is 2. The van der Waals surface area contributed by atoms with Crippen LogP contribution in [0.15, 0.2) is 0 Å². The molecule has 20 heavy (non-hydrogen) atoms. The molecule has 114 valence electrons. The van der Waals surface area contributed by atoms with Crippen LogP contribution in [0.4, 0.5) is 0 Å². The number of morpholine rings is 1. The summed E-state index contributed by atoms with van der Waals surface area (Å²) in [5, 5.41) is 3.13. The smallest absolute Gasteiger partial charge is 0.223 e. The van der Waals surface area contributed by atoms with Gasteiger partial charge in [-0.1, -0.05) is 0 Å². The van der Waals surface area contributed by atoms with Crippen molar-refractivity contribution < 1.29 is 14.3 Å². The number of hydrogen-bond acceptors (Lipinski definition) is 4. The highest BCUT2D eigenvalue weighted by Gasteiger charge is 2.28. The summed E-state index contributed by atoms with van der Waals surface area (Å²) in [4.78, 5) is 28.0. The molecular weight excluding hydrogens is 258 g/mol. The maximum atomic E-state index is 12.2. The fraction of sp³-hybridized carbons (Fsp3) is 0.857. The quantitative estimate of drug-likeness (QED) is 0.761. The van der Waals surface area contributed by atoms with Gasteiger partial charge in [0.1, 0.15) is 0 Å². The molecule has 2 heterocycles. The molecule has 6 nitrogen and oxygen atoms in total. The van der Waals surface area contributed by atoms with E-state index < -0.39 is 0 Å². The van der Waals surface area contributed by atoms with Crippen LogP contribution in [-0.4, -0.2) is 74.1 Å². The Kier molecular flexibility index (Phi) is 5.79. The molecule has 0 saturated carbocycles. The molecule has 1 N–H and O–H groups in total. The van der Waals surface area contributed by atoms with Gasteiger partial charge in [-0.3, -0.25) is 9.59 Å². The standard InChI is InChI=1S/C14H25N3O3/c1-15-11-12-3-2-6-17(12)14(19)5-4-13(18)16-7-9-20-10-8-16/h12,15H,2-11H2,1H3. The van der Waals surface area contributed by atoms with Gasteiger partial charge in [0.2, 0.25) is 11.8 Å². The van der Waals surface area contributed by atoms with Crippen LogP contribution >= 0.6 is 0 Å². The molecule has 2 amide bonds. The molecule has 0 aliphatic carbocycles. The van der Waals surface area contributed by atoms with Crippen molar-refractivity contribution in [2.75, 3.05) is 46.4 Å². The van der Waals surface area contributed by atoms with Crippen LogP contribution < -0.4 is 5.32 Å². The average molecular weight is 283 g/mol. The molecule has 0 spiro atoms. The van der Waals surface area contributed by atoms with Crippen LogP contribution in [0.5, 0.6) is 0 Å². The third kappa shape index (κ3) is 3.93. The number of likely N-dealkylation sites (tertiary alicyclic amines) is 1. The minimum absolute atomic E-state index is 0.0750. The normalized spacial score (nSPS) is 23.1. The Morgan fingerprint density at radius 3 is 2.55 bits per heavy atom. The van der Waals surface area contributed by atoms with Crippen LogP contribution in [0, 0.1) is 0 Å². The second-order valence-electron chi connectivity index (χ2n) is 5.43. The molecule has 2 aliphatic rings. The summed E-state index contributed by atoms with van der Waals surface area (Å²) in [7, 11) is 1.91. The van der Waals surface area contributed by atoms with Gasteiger partial charge in [0.05, 0.1) is 13.2 Å². The molecular formula is C14H25N3O3. The minimum Gasteiger partial charge on any atom is -0.378 e. The molecule has 6 heteroatoms. The molecule has 0 aromatic rings. The highest BCUT2D eigenvalue weighted by Crippen LogP contribution is 2.18. The lowest BCUT2D eigenvalue weighted by Crippen LogP contribution is -2.43. The van der Waals surface area contributed by atoms with Crippen molar-refractivity contribution in [3.05, 3.63) is 0 Å². The molecule has 1 unspecified atom stereocenters. The Morgan fingerprint density at radius 1 is 1.15 bits per heavy atom. The van der Waals surface area contributed by atoms with Gasteiger partial charge in [-0.05, 0) is 19.9 Å². The van der Waals surface area contributed by atoms with Gasteiger partial charge < -0.3 is 19.9 Å². The van der Waals surface area contributed by atoms with E-state index in [1.165, 1.54) is 0 Å². The molecule has 0 aromatic carbocycles. The number of nitrogens with zero attached hydrogens (tertiary/aromatic N) is 2. The molecule has 0 radical (unpaired) electrons. The Morgan fingerprint density at radius 2 is 1.85 bits per heavy atom. The largest absolute Gasteiger partial charge is 0.378 e. The number of ether oxygens (including phenoxy) is 1. The van der Waals surface area contributed by atoms with Crippen LogP contribution in [0.1, 0.15) is 25.7 Å². The summed E-state index contributed by atoms with van der Waals surface area (Å²) in [5.41, 5.74) is 0. The van der Waals surface area contributed by atoms with Crippen molar-refractivity contribution in [1.29, 1.82) is 0 Å². The molecule has 2 aliphatic heterocycles. The fourth-order valence-electron chi connectivity index (χ4n) is 2.94. The van der Waals surface area contributed by atoms with E-state index in [0.717, 1.165) is 25.9 Å². The first-order valence-corrected chi connectivity index (χ1v) is 7.52. The minimum atomic E-state index is 0.0750. The molecule has 1 atom stereocenters. The first-order valence-electron chi connectivity index (χ1n) is 7.52. The number of carbonyl (C=O) groups excluding carboxylic acids is 2. The van der Waals surface area contributed by atoms with E-state index in [2.05, 4.69) is 5.32 Å². The molecule has 0 aromatic heterocycles. The van der Waals surface area contributed by atoms with Gasteiger partial charge in [-0.2, -0.15) is 0 Å². The van der Waals surface area contributed by atoms with Gasteiger partial charge in [0.25, 0.3) is 0 Å². The van der Waals surface area contributed by atoms with Crippen LogP contribution in [-0.2, 0) is 14.3 Å². The number of hydrogen-bond donors (Lipinski definition) is 1. The van der Waals surface area contributed by atoms with E-state index in [9.17, 15) is 9.59 Å². The number of nitrogens with one attached hydrogen (secondary N) is 1. The Bertz CT molecular complexity index is 343. The molecule has 2 saturated heterocycles. The van der Waals surface area contributed by atoms with Gasteiger partial charge in [-0.25, -0.2) is 0 Å². The van der Waals surface area contributed by atoms with Crippen molar-refractivity contribution in [2.24, 2.45) is 0 Å². The highest BCUT2D eigenvalue weighted by molar-refractivity contribution is 5.84. The molecule has 2 fully saturated rings. The second-order valence-corrected chi connectivity index (χ2v) is 5.43. The van der Waals surface area contributed by atoms with E-state index in [1.807, 2.05) is 11.9 Å². The third-order valence-corrected chi connectivity index (χ3v) is 4.05. The Balaban J connectivity index is 1.75. The monoisotopic (exact) mass is 283 g/mol. The fourth-order valence-corrected chi connectivity index (χ4v) is 2.94. The summed E-state index contributed by atoms with van der Waals surface area (Å²) in [6.07, 6.45) is 2.78. The average Bonchev–Trinajstić information content (AvgIpc) is 2.94. The summed E-state index contributed by atoms with van der Waals surface area (Å²) in [6, 6.07) is 0.297. The summed E-state index contributed by atoms with van der Waals surface area (Å²) in [5.74, 6) is 0.190. The predicted molar refractivity (Wildman–Crippen MR) is 75.3 cm³/mol. The molecule has 0 bridgehead atoms. The SMILES string of the molecule is CNCC1CCCN1C(=O)CCC(=O)N1CCOCC1. The van der Waals surface area contributed by atoms with Gasteiger partial charge in [-0.15, -0.1) is 0 Å². The van der Waals surface area contributed by atoms with Gasteiger partial charge in [0.15, 0.2) is 0 Å². The summed E-state index contributed by atoms with van der Waals surface area (Å²) < 4.78 is 5.22. The number of rotatable bonds is 5. The number of likely N-dealkylation sites (N-methyl/N-ethyl adjacent to an activating group) is 1. The second kappa shape index (κ2) is 7.59. The maximum Gasteiger partial charge on any atom is 0.223 e. The van der Waals surface area contributed by atoms with Gasteiger partial charge >= 0.3 is 0 Å². The van der Waals surface area contributed by atoms with Crippen LogP contribution in [0.25, 0.3) is 0 Å². The van der Waals surface area contributed by atoms with Crippen molar-refractivity contribution in [2.45, 2.75) is 31.7 Å². The van der Waals surface area contributed by atoms with Crippen molar-refractivity contribution in [3.63, 3.8) is 0 Å². The Labute approximate surface area is 120 Å². The first kappa shape index (κ1) is 15.3. The van der Waals surface area contributed by atoms with Gasteiger partial charge in [0, 0.05) is 45.1 Å². The zero-order chi connectivity index (χ0) is 14.4. The lowest BCUT2D eigenvalue weighted by Gasteiger charge is -2.28. The van der Waals surface area contributed by atoms with E-state index in [-0.39, 0.29) is 11.8 Å². The lowest BCUT2D eigenvalue weighted by molar-refractivity contribution is -0.139. The number of carbonyl (C=O) groups is 2. The lowest BCUT2D eigenvalue weighted by atomic mass is 10.2. The predicted octanol–water partition coefficient (Wildman–Crippen LogP) is -0.164. The zero-order valence-electron chi connectivity index (χ0n) is 12.3. The summed E-state index contributed by atoms with van der Waals surface area (Å²) >= 11 is 0. The zero-order valence-corrected chi connectivity index (χ0v) is 12.3. The van der Waals surface area contributed by atoms with E-state index in [1.54, 1.807) is 4.90 Å². The summed E-state index contributed by atoms with van der Waals surface area (Å²) in [6.45, 7) is 4.18. The van der Waals surface area contributed by atoms with Crippen molar-refractivity contribution in [3.8, 4) is 0 Å². The topological polar surface area (TPSA) is 61.9 Å². The van der Waals surface area contributed by atoms with E-state index in [0.29, 0.717) is 45.2 Å². The van der Waals surface area contributed by atoms with Crippen LogP contribution in [0.3, 0.4) is 0 Å². The van der Waals surface area contributed by atoms with Crippen molar-refractivity contribution >= 4 is 11.8 Å².